The SMILES string of the molecule is CCNC(=NCc1ccccc1OCC1CC1)NCc1ccccc1[N+](=O)[O-].I. The molecule has 156 valence electrons. The molecular weight excluding hydrogens is 483 g/mol. The summed E-state index contributed by atoms with van der Waals surface area (Å²) in [6.07, 6.45) is 2.50. The van der Waals surface area contributed by atoms with Crippen LogP contribution in [0.2, 0.25) is 0 Å². The number of nitro groups is 1. The largest absolute Gasteiger partial charge is 0.493 e. The van der Waals surface area contributed by atoms with Gasteiger partial charge in [0.2, 0.25) is 0 Å². The standard InChI is InChI=1S/C21H26N4O3.HI/c1-2-22-21(23-13-17-7-3-5-9-19(17)25(26)27)24-14-18-8-4-6-10-20(18)28-15-16-11-12-16;/h3-10,16H,2,11-15H2,1H3,(H2,22,23,24);1H. The van der Waals surface area contributed by atoms with Crippen molar-refractivity contribution in [3.05, 3.63) is 69.8 Å². The average molecular weight is 510 g/mol. The van der Waals surface area contributed by atoms with Gasteiger partial charge in [-0.05, 0) is 31.7 Å². The highest BCUT2D eigenvalue weighted by Crippen LogP contribution is 2.30. The molecule has 2 N–H and O–H groups in total. The molecule has 0 radical (unpaired) electrons. The maximum atomic E-state index is 11.2. The lowest BCUT2D eigenvalue weighted by Crippen LogP contribution is -2.36. The van der Waals surface area contributed by atoms with Crippen LogP contribution in [0.5, 0.6) is 5.75 Å². The van der Waals surface area contributed by atoms with E-state index in [-0.39, 0.29) is 34.6 Å². The number of aliphatic imine (C=N–C) groups is 1. The molecule has 7 nitrogen and oxygen atoms in total. The van der Waals surface area contributed by atoms with Crippen LogP contribution in [0.15, 0.2) is 53.5 Å². The van der Waals surface area contributed by atoms with Crippen LogP contribution in [-0.2, 0) is 13.1 Å². The number of hydrogen-bond acceptors (Lipinski definition) is 4. The summed E-state index contributed by atoms with van der Waals surface area (Å²) in [5.74, 6) is 2.17. The molecular formula is C21H27IN4O3. The number of halogens is 1. The lowest BCUT2D eigenvalue weighted by atomic mass is 10.2. The second-order valence-corrected chi connectivity index (χ2v) is 6.80. The van der Waals surface area contributed by atoms with Crippen LogP contribution >= 0.6 is 24.0 Å². The summed E-state index contributed by atoms with van der Waals surface area (Å²) in [4.78, 5) is 15.4. The predicted octanol–water partition coefficient (Wildman–Crippen LogP) is 4.26. The molecule has 3 rings (SSSR count). The minimum Gasteiger partial charge on any atom is -0.493 e. The highest BCUT2D eigenvalue weighted by atomic mass is 127. The Morgan fingerprint density at radius 1 is 1.14 bits per heavy atom. The lowest BCUT2D eigenvalue weighted by Gasteiger charge is -2.13. The van der Waals surface area contributed by atoms with Gasteiger partial charge in [-0.25, -0.2) is 4.99 Å². The van der Waals surface area contributed by atoms with E-state index in [2.05, 4.69) is 15.6 Å². The number of nitro benzene ring substituents is 1. The van der Waals surface area contributed by atoms with Crippen molar-refractivity contribution >= 4 is 35.6 Å². The van der Waals surface area contributed by atoms with Crippen LogP contribution in [0, 0.1) is 16.0 Å². The molecule has 1 fully saturated rings. The number of nitrogens with one attached hydrogen (secondary N) is 2. The van der Waals surface area contributed by atoms with E-state index in [0.29, 0.717) is 37.1 Å². The zero-order valence-electron chi connectivity index (χ0n) is 16.5. The fourth-order valence-electron chi connectivity index (χ4n) is 2.79. The molecule has 2 aromatic carbocycles. The van der Waals surface area contributed by atoms with E-state index >= 15 is 0 Å². The Morgan fingerprint density at radius 2 is 1.83 bits per heavy atom. The van der Waals surface area contributed by atoms with Gasteiger partial charge in [-0.15, -0.1) is 24.0 Å². The van der Waals surface area contributed by atoms with Crippen molar-refractivity contribution in [2.24, 2.45) is 10.9 Å². The minimum absolute atomic E-state index is 0. The van der Waals surface area contributed by atoms with Crippen molar-refractivity contribution in [3.63, 3.8) is 0 Å². The third kappa shape index (κ3) is 7.19. The summed E-state index contributed by atoms with van der Waals surface area (Å²) in [5, 5.41) is 17.5. The Kier molecular flexibility index (Phi) is 9.17. The molecule has 0 atom stereocenters. The van der Waals surface area contributed by atoms with Gasteiger partial charge in [0.25, 0.3) is 5.69 Å². The van der Waals surface area contributed by atoms with E-state index in [4.69, 9.17) is 4.74 Å². The molecule has 8 heteroatoms. The zero-order valence-corrected chi connectivity index (χ0v) is 18.8. The van der Waals surface area contributed by atoms with Gasteiger partial charge in [-0.2, -0.15) is 0 Å². The maximum absolute atomic E-state index is 11.2. The van der Waals surface area contributed by atoms with Gasteiger partial charge in [0.15, 0.2) is 5.96 Å². The van der Waals surface area contributed by atoms with Crippen molar-refractivity contribution in [1.29, 1.82) is 0 Å². The van der Waals surface area contributed by atoms with Gasteiger partial charge in [0.05, 0.1) is 18.1 Å². The van der Waals surface area contributed by atoms with Crippen LogP contribution in [-0.4, -0.2) is 24.0 Å². The maximum Gasteiger partial charge on any atom is 0.274 e. The molecule has 29 heavy (non-hydrogen) atoms. The van der Waals surface area contributed by atoms with Crippen LogP contribution in [0.3, 0.4) is 0 Å². The summed E-state index contributed by atoms with van der Waals surface area (Å²) < 4.78 is 5.94. The number of benzene rings is 2. The molecule has 0 aliphatic heterocycles. The number of para-hydroxylation sites is 2. The molecule has 0 heterocycles. The number of hydrogen-bond donors (Lipinski definition) is 2. The third-order valence-electron chi connectivity index (χ3n) is 4.53. The van der Waals surface area contributed by atoms with E-state index in [1.54, 1.807) is 18.2 Å². The smallest absolute Gasteiger partial charge is 0.274 e. The Balaban J connectivity index is 0.00000300. The highest BCUT2D eigenvalue weighted by molar-refractivity contribution is 14.0. The Labute approximate surface area is 188 Å². The molecule has 0 aromatic heterocycles. The van der Waals surface area contributed by atoms with Crippen molar-refractivity contribution in [2.45, 2.75) is 32.9 Å². The van der Waals surface area contributed by atoms with Gasteiger partial charge in [0.1, 0.15) is 5.75 Å². The molecule has 0 bridgehead atoms. The zero-order chi connectivity index (χ0) is 19.8. The normalized spacial score (nSPS) is 13.3. The summed E-state index contributed by atoms with van der Waals surface area (Å²) >= 11 is 0. The molecule has 1 aliphatic rings. The second-order valence-electron chi connectivity index (χ2n) is 6.80. The molecule has 2 aromatic rings. The van der Waals surface area contributed by atoms with Gasteiger partial charge in [-0.3, -0.25) is 10.1 Å². The van der Waals surface area contributed by atoms with Crippen molar-refractivity contribution in [3.8, 4) is 5.75 Å². The first-order valence-electron chi connectivity index (χ1n) is 9.62. The molecule has 0 amide bonds. The molecule has 0 saturated heterocycles. The second kappa shape index (κ2) is 11.6. The molecule has 0 spiro atoms. The average Bonchev–Trinajstić information content (AvgIpc) is 3.54. The number of guanidine groups is 1. The first-order valence-corrected chi connectivity index (χ1v) is 9.62. The van der Waals surface area contributed by atoms with E-state index < -0.39 is 0 Å². The lowest BCUT2D eigenvalue weighted by molar-refractivity contribution is -0.385. The first-order chi connectivity index (χ1) is 13.7. The molecule has 1 saturated carbocycles. The third-order valence-corrected chi connectivity index (χ3v) is 4.53. The summed E-state index contributed by atoms with van der Waals surface area (Å²) in [7, 11) is 0. The topological polar surface area (TPSA) is 88.8 Å². The first kappa shape index (κ1) is 22.9. The number of ether oxygens (including phenoxy) is 1. The molecule has 1 aliphatic carbocycles. The Hall–Kier alpha value is -2.36. The van der Waals surface area contributed by atoms with Crippen LogP contribution in [0.1, 0.15) is 30.9 Å². The summed E-state index contributed by atoms with van der Waals surface area (Å²) in [6, 6.07) is 14.6. The van der Waals surface area contributed by atoms with Crippen molar-refractivity contribution in [2.75, 3.05) is 13.2 Å². The highest BCUT2D eigenvalue weighted by Gasteiger charge is 2.22. The number of rotatable bonds is 9. The van der Waals surface area contributed by atoms with Crippen LogP contribution in [0.25, 0.3) is 0 Å². The fourth-order valence-corrected chi connectivity index (χ4v) is 2.79. The van der Waals surface area contributed by atoms with Crippen LogP contribution in [0.4, 0.5) is 5.69 Å². The van der Waals surface area contributed by atoms with E-state index in [9.17, 15) is 10.1 Å². The predicted molar refractivity (Wildman–Crippen MR) is 125 cm³/mol. The summed E-state index contributed by atoms with van der Waals surface area (Å²) in [6.45, 7) is 4.23. The Bertz CT molecular complexity index is 840. The fraction of sp³-hybridized carbons (Fsp3) is 0.381. The molecule has 0 unspecified atom stereocenters. The monoisotopic (exact) mass is 510 g/mol. The Morgan fingerprint density at radius 3 is 2.52 bits per heavy atom. The van der Waals surface area contributed by atoms with E-state index in [0.717, 1.165) is 17.9 Å². The van der Waals surface area contributed by atoms with E-state index in [1.807, 2.05) is 31.2 Å². The van der Waals surface area contributed by atoms with Crippen molar-refractivity contribution in [1.82, 2.24) is 10.6 Å². The quantitative estimate of drug-likeness (QED) is 0.173. The number of nitrogens with zero attached hydrogens (tertiary/aromatic N) is 2. The van der Waals surface area contributed by atoms with Gasteiger partial charge in [0, 0.05) is 30.3 Å². The van der Waals surface area contributed by atoms with Gasteiger partial charge < -0.3 is 15.4 Å². The van der Waals surface area contributed by atoms with Crippen molar-refractivity contribution < 1.29 is 9.66 Å². The van der Waals surface area contributed by atoms with Crippen LogP contribution < -0.4 is 15.4 Å². The minimum atomic E-state index is -0.367. The summed E-state index contributed by atoms with van der Waals surface area (Å²) in [5.41, 5.74) is 1.74. The van der Waals surface area contributed by atoms with E-state index in [1.165, 1.54) is 18.9 Å². The van der Waals surface area contributed by atoms with Gasteiger partial charge in [-0.1, -0.05) is 36.4 Å². The van der Waals surface area contributed by atoms with Gasteiger partial charge >= 0.3 is 0 Å².